The van der Waals surface area contributed by atoms with Gasteiger partial charge in [0.25, 0.3) is 0 Å². The number of carboxylic acid groups (broad SMARTS) is 1. The van der Waals surface area contributed by atoms with Crippen molar-refractivity contribution in [3.8, 4) is 0 Å². The van der Waals surface area contributed by atoms with E-state index in [9.17, 15) is 4.79 Å². The predicted octanol–water partition coefficient (Wildman–Crippen LogP) is 1.31. The molecule has 0 spiro atoms. The van der Waals surface area contributed by atoms with Crippen LogP contribution < -0.4 is 4.90 Å². The van der Waals surface area contributed by atoms with Gasteiger partial charge in [-0.3, -0.25) is 0 Å². The summed E-state index contributed by atoms with van der Waals surface area (Å²) in [4.78, 5) is 17.0. The SMILES string of the molecule is C=C(C(=O)O)c1cnc(N(C)C)s1. The molecule has 0 atom stereocenters. The van der Waals surface area contributed by atoms with E-state index >= 15 is 0 Å². The fraction of sp³-hybridized carbons (Fsp3) is 0.250. The first-order valence-corrected chi connectivity index (χ1v) is 4.39. The molecule has 5 heteroatoms. The lowest BCUT2D eigenvalue weighted by Gasteiger charge is -2.05. The second-order valence-corrected chi connectivity index (χ2v) is 3.69. The van der Waals surface area contributed by atoms with Gasteiger partial charge in [0.2, 0.25) is 0 Å². The lowest BCUT2D eigenvalue weighted by Crippen LogP contribution is -2.07. The zero-order valence-corrected chi connectivity index (χ0v) is 8.26. The number of aromatic nitrogens is 1. The Morgan fingerprint density at radius 1 is 1.69 bits per heavy atom. The first-order chi connectivity index (χ1) is 6.02. The highest BCUT2D eigenvalue weighted by Gasteiger charge is 2.11. The summed E-state index contributed by atoms with van der Waals surface area (Å²) in [5.74, 6) is -1.01. The van der Waals surface area contributed by atoms with E-state index in [0.717, 1.165) is 5.13 Å². The van der Waals surface area contributed by atoms with Crippen LogP contribution in [0, 0.1) is 0 Å². The molecular weight excluding hydrogens is 188 g/mol. The molecule has 0 saturated heterocycles. The van der Waals surface area contributed by atoms with Crippen LogP contribution in [0.5, 0.6) is 0 Å². The maximum Gasteiger partial charge on any atom is 0.336 e. The Labute approximate surface area is 80.1 Å². The molecule has 0 amide bonds. The van der Waals surface area contributed by atoms with E-state index in [1.54, 1.807) is 0 Å². The molecule has 0 radical (unpaired) electrons. The molecule has 0 aliphatic rings. The molecule has 1 rings (SSSR count). The average Bonchev–Trinajstić information content (AvgIpc) is 2.50. The second-order valence-electron chi connectivity index (χ2n) is 2.69. The molecule has 1 N–H and O–H groups in total. The van der Waals surface area contributed by atoms with Gasteiger partial charge in [0.15, 0.2) is 5.13 Å². The topological polar surface area (TPSA) is 53.4 Å². The highest BCUT2D eigenvalue weighted by molar-refractivity contribution is 7.16. The van der Waals surface area contributed by atoms with Crippen LogP contribution in [0.4, 0.5) is 5.13 Å². The quantitative estimate of drug-likeness (QED) is 0.744. The molecule has 0 bridgehead atoms. The smallest absolute Gasteiger partial charge is 0.336 e. The zero-order valence-electron chi connectivity index (χ0n) is 7.44. The van der Waals surface area contributed by atoms with Crippen molar-refractivity contribution >= 4 is 28.0 Å². The van der Waals surface area contributed by atoms with Gasteiger partial charge < -0.3 is 10.0 Å². The van der Waals surface area contributed by atoms with Crippen LogP contribution in [0.2, 0.25) is 0 Å². The number of thiazole rings is 1. The lowest BCUT2D eigenvalue weighted by atomic mass is 10.3. The van der Waals surface area contributed by atoms with Crippen molar-refractivity contribution in [2.24, 2.45) is 0 Å². The van der Waals surface area contributed by atoms with E-state index in [4.69, 9.17) is 5.11 Å². The largest absolute Gasteiger partial charge is 0.478 e. The molecule has 4 nitrogen and oxygen atoms in total. The fourth-order valence-electron chi connectivity index (χ4n) is 0.717. The van der Waals surface area contributed by atoms with Gasteiger partial charge in [0.05, 0.1) is 10.5 Å². The summed E-state index contributed by atoms with van der Waals surface area (Å²) in [5, 5.41) is 9.42. The van der Waals surface area contributed by atoms with Crippen LogP contribution in [-0.2, 0) is 4.79 Å². The minimum atomic E-state index is -1.01. The summed E-state index contributed by atoms with van der Waals surface area (Å²) in [5.41, 5.74) is 0.0885. The Hall–Kier alpha value is -1.36. The Kier molecular flexibility index (Phi) is 2.67. The standard InChI is InChI=1S/C8H10N2O2S/c1-5(7(11)12)6-4-9-8(13-6)10(2)3/h4H,1H2,2-3H3,(H,11,12). The maximum atomic E-state index is 10.5. The van der Waals surface area contributed by atoms with Crippen LogP contribution in [-0.4, -0.2) is 30.2 Å². The van der Waals surface area contributed by atoms with Gasteiger partial charge in [-0.1, -0.05) is 17.9 Å². The van der Waals surface area contributed by atoms with Gasteiger partial charge in [-0.15, -0.1) is 0 Å². The molecular formula is C8H10N2O2S. The van der Waals surface area contributed by atoms with Gasteiger partial charge in [0.1, 0.15) is 0 Å². The van der Waals surface area contributed by atoms with E-state index in [1.165, 1.54) is 17.5 Å². The Morgan fingerprint density at radius 3 is 2.69 bits per heavy atom. The number of anilines is 1. The van der Waals surface area contributed by atoms with E-state index in [-0.39, 0.29) is 5.57 Å². The number of hydrogen-bond donors (Lipinski definition) is 1. The van der Waals surface area contributed by atoms with Crippen LogP contribution in [0.25, 0.3) is 5.57 Å². The third-order valence-electron chi connectivity index (χ3n) is 1.43. The van der Waals surface area contributed by atoms with Gasteiger partial charge in [-0.25, -0.2) is 9.78 Å². The Balaban J connectivity index is 2.92. The van der Waals surface area contributed by atoms with Gasteiger partial charge in [0, 0.05) is 20.3 Å². The van der Waals surface area contributed by atoms with E-state index in [2.05, 4.69) is 11.6 Å². The number of hydrogen-bond acceptors (Lipinski definition) is 4. The molecule has 13 heavy (non-hydrogen) atoms. The van der Waals surface area contributed by atoms with Crippen LogP contribution in [0.1, 0.15) is 4.88 Å². The molecule has 0 unspecified atom stereocenters. The average molecular weight is 198 g/mol. The summed E-state index contributed by atoms with van der Waals surface area (Å²) < 4.78 is 0. The fourth-order valence-corrected chi connectivity index (χ4v) is 1.52. The number of nitrogens with zero attached hydrogens (tertiary/aromatic N) is 2. The van der Waals surface area contributed by atoms with Crippen molar-refractivity contribution in [1.29, 1.82) is 0 Å². The minimum absolute atomic E-state index is 0.0885. The molecule has 0 aromatic carbocycles. The Morgan fingerprint density at radius 2 is 2.31 bits per heavy atom. The molecule has 1 heterocycles. The summed E-state index contributed by atoms with van der Waals surface area (Å²) in [6.45, 7) is 3.45. The predicted molar refractivity (Wildman–Crippen MR) is 53.1 cm³/mol. The maximum absolute atomic E-state index is 10.5. The van der Waals surface area contributed by atoms with Crippen molar-refractivity contribution in [2.75, 3.05) is 19.0 Å². The summed E-state index contributed by atoms with van der Waals surface area (Å²) in [6.07, 6.45) is 1.52. The zero-order chi connectivity index (χ0) is 10.0. The molecule has 0 aliphatic carbocycles. The lowest BCUT2D eigenvalue weighted by molar-refractivity contribution is -0.130. The third kappa shape index (κ3) is 2.06. The summed E-state index contributed by atoms with van der Waals surface area (Å²) in [7, 11) is 3.71. The van der Waals surface area contributed by atoms with Gasteiger partial charge in [-0.2, -0.15) is 0 Å². The highest BCUT2D eigenvalue weighted by Crippen LogP contribution is 2.25. The normalized spacial score (nSPS) is 9.69. The second kappa shape index (κ2) is 3.57. The summed E-state index contributed by atoms with van der Waals surface area (Å²) >= 11 is 1.31. The minimum Gasteiger partial charge on any atom is -0.478 e. The van der Waals surface area contributed by atoms with E-state index in [0.29, 0.717) is 4.88 Å². The van der Waals surface area contributed by atoms with Gasteiger partial charge >= 0.3 is 5.97 Å². The number of aliphatic carboxylic acids is 1. The van der Waals surface area contributed by atoms with Crippen molar-refractivity contribution in [1.82, 2.24) is 4.98 Å². The molecule has 70 valence electrons. The first kappa shape index (κ1) is 9.73. The van der Waals surface area contributed by atoms with Crippen molar-refractivity contribution < 1.29 is 9.90 Å². The molecule has 0 saturated carbocycles. The van der Waals surface area contributed by atoms with Crippen LogP contribution in [0.15, 0.2) is 12.8 Å². The van der Waals surface area contributed by atoms with Crippen molar-refractivity contribution in [3.63, 3.8) is 0 Å². The van der Waals surface area contributed by atoms with Crippen LogP contribution >= 0.6 is 11.3 Å². The Bertz CT molecular complexity index is 344. The first-order valence-electron chi connectivity index (χ1n) is 3.58. The monoisotopic (exact) mass is 198 g/mol. The van der Waals surface area contributed by atoms with Crippen LogP contribution in [0.3, 0.4) is 0 Å². The molecule has 1 aromatic rings. The number of carbonyl (C=O) groups is 1. The molecule has 0 aliphatic heterocycles. The van der Waals surface area contributed by atoms with Crippen molar-refractivity contribution in [3.05, 3.63) is 17.7 Å². The number of rotatable bonds is 3. The van der Waals surface area contributed by atoms with E-state index < -0.39 is 5.97 Å². The number of carboxylic acids is 1. The van der Waals surface area contributed by atoms with Gasteiger partial charge in [-0.05, 0) is 0 Å². The highest BCUT2D eigenvalue weighted by atomic mass is 32.1. The molecule has 0 fully saturated rings. The molecule has 1 aromatic heterocycles. The van der Waals surface area contributed by atoms with E-state index in [1.807, 2.05) is 19.0 Å². The summed E-state index contributed by atoms with van der Waals surface area (Å²) in [6, 6.07) is 0. The third-order valence-corrected chi connectivity index (χ3v) is 2.66. The van der Waals surface area contributed by atoms with Crippen molar-refractivity contribution in [2.45, 2.75) is 0 Å².